The highest BCUT2D eigenvalue weighted by atomic mass is 32.2. The van der Waals surface area contributed by atoms with E-state index >= 15 is 0 Å². The van der Waals surface area contributed by atoms with Crippen LogP contribution >= 0.6 is 11.8 Å². The van der Waals surface area contributed by atoms with Crippen molar-refractivity contribution in [3.63, 3.8) is 0 Å². The average molecular weight is 274 g/mol. The van der Waals surface area contributed by atoms with E-state index in [1.165, 1.54) is 0 Å². The molecule has 1 aliphatic heterocycles. The fourth-order valence-corrected chi connectivity index (χ4v) is 3.48. The van der Waals surface area contributed by atoms with Gasteiger partial charge in [-0.2, -0.15) is 11.8 Å². The van der Waals surface area contributed by atoms with E-state index in [2.05, 4.69) is 13.8 Å². The van der Waals surface area contributed by atoms with Crippen LogP contribution in [0.25, 0.3) is 0 Å². The van der Waals surface area contributed by atoms with Gasteiger partial charge in [0.2, 0.25) is 0 Å². The first kappa shape index (κ1) is 15.1. The zero-order valence-electron chi connectivity index (χ0n) is 11.3. The van der Waals surface area contributed by atoms with Crippen molar-refractivity contribution >= 4 is 23.8 Å². The molecule has 104 valence electrons. The van der Waals surface area contributed by atoms with Crippen molar-refractivity contribution in [2.75, 3.05) is 26.2 Å². The van der Waals surface area contributed by atoms with Gasteiger partial charge in [-0.25, -0.2) is 4.79 Å². The molecule has 1 N–H and O–H groups in total. The second kappa shape index (κ2) is 6.87. The van der Waals surface area contributed by atoms with Crippen molar-refractivity contribution in [2.24, 2.45) is 0 Å². The highest BCUT2D eigenvalue weighted by Crippen LogP contribution is 2.25. The molecule has 6 heteroatoms. The molecule has 18 heavy (non-hydrogen) atoms. The fraction of sp³-hybridized carbons (Fsp3) is 0.833. The predicted octanol–water partition coefficient (Wildman–Crippen LogP) is 1.73. The van der Waals surface area contributed by atoms with E-state index in [-0.39, 0.29) is 19.0 Å². The average Bonchev–Trinajstić information content (AvgIpc) is 2.27. The summed E-state index contributed by atoms with van der Waals surface area (Å²) in [6, 6.07) is -0.0299. The van der Waals surface area contributed by atoms with Crippen molar-refractivity contribution in [3.05, 3.63) is 0 Å². The van der Waals surface area contributed by atoms with Crippen molar-refractivity contribution in [2.45, 2.75) is 37.7 Å². The molecule has 1 fully saturated rings. The second-order valence-electron chi connectivity index (χ2n) is 4.67. The minimum absolute atomic E-state index is 0.00722. The zero-order chi connectivity index (χ0) is 13.7. The number of carboxylic acid groups (broad SMARTS) is 1. The van der Waals surface area contributed by atoms with Crippen molar-refractivity contribution in [3.8, 4) is 0 Å². The van der Waals surface area contributed by atoms with Gasteiger partial charge in [0.1, 0.15) is 0 Å². The summed E-state index contributed by atoms with van der Waals surface area (Å²) in [6.45, 7) is 8.46. The topological polar surface area (TPSA) is 60.9 Å². The molecule has 1 heterocycles. The number of aliphatic carboxylic acids is 1. The molecular formula is C12H22N2O3S. The lowest BCUT2D eigenvalue weighted by Gasteiger charge is -2.37. The predicted molar refractivity (Wildman–Crippen MR) is 73.0 cm³/mol. The monoisotopic (exact) mass is 274 g/mol. The Kier molecular flexibility index (Phi) is 5.78. The minimum Gasteiger partial charge on any atom is -0.481 e. The second-order valence-corrected chi connectivity index (χ2v) is 6.55. The number of amides is 2. The molecule has 0 aromatic heterocycles. The quantitative estimate of drug-likeness (QED) is 0.848. The number of carbonyl (C=O) groups excluding carboxylic acids is 1. The van der Waals surface area contributed by atoms with Gasteiger partial charge in [0.25, 0.3) is 0 Å². The van der Waals surface area contributed by atoms with Crippen LogP contribution in [0.15, 0.2) is 0 Å². The molecule has 1 aliphatic rings. The SMILES string of the molecule is CCN(CCC(=O)O)C(=O)N1CC(C)SC(C)C1. The molecule has 0 spiro atoms. The van der Waals surface area contributed by atoms with Gasteiger partial charge < -0.3 is 14.9 Å². The summed E-state index contributed by atoms with van der Waals surface area (Å²) in [7, 11) is 0. The third-order valence-electron chi connectivity index (χ3n) is 2.94. The Balaban J connectivity index is 2.56. The van der Waals surface area contributed by atoms with Crippen molar-refractivity contribution in [1.82, 2.24) is 9.80 Å². The van der Waals surface area contributed by atoms with Crippen LogP contribution in [0.5, 0.6) is 0 Å². The summed E-state index contributed by atoms with van der Waals surface area (Å²) >= 11 is 1.89. The number of urea groups is 1. The zero-order valence-corrected chi connectivity index (χ0v) is 12.1. The van der Waals surface area contributed by atoms with E-state index < -0.39 is 5.97 Å². The Labute approximate surface area is 113 Å². The Bertz CT molecular complexity index is 302. The maximum atomic E-state index is 12.3. The van der Waals surface area contributed by atoms with E-state index in [4.69, 9.17) is 5.11 Å². The molecule has 0 radical (unpaired) electrons. The maximum absolute atomic E-state index is 12.3. The van der Waals surface area contributed by atoms with E-state index in [0.29, 0.717) is 17.0 Å². The molecule has 1 rings (SSSR count). The first-order valence-electron chi connectivity index (χ1n) is 6.35. The van der Waals surface area contributed by atoms with Crippen molar-refractivity contribution in [1.29, 1.82) is 0 Å². The molecule has 2 amide bonds. The first-order chi connectivity index (χ1) is 8.43. The van der Waals surface area contributed by atoms with Crippen LogP contribution in [0.2, 0.25) is 0 Å². The standard InChI is InChI=1S/C12H22N2O3S/c1-4-13(6-5-11(15)16)12(17)14-7-9(2)18-10(3)8-14/h9-10H,4-8H2,1-3H3,(H,15,16). The van der Waals surface area contributed by atoms with Crippen LogP contribution in [0.1, 0.15) is 27.2 Å². The summed E-state index contributed by atoms with van der Waals surface area (Å²) in [5.41, 5.74) is 0. The molecule has 1 saturated heterocycles. The number of nitrogens with zero attached hydrogens (tertiary/aromatic N) is 2. The van der Waals surface area contributed by atoms with Gasteiger partial charge in [0.05, 0.1) is 6.42 Å². The lowest BCUT2D eigenvalue weighted by molar-refractivity contribution is -0.137. The molecule has 0 saturated carbocycles. The van der Waals surface area contributed by atoms with Gasteiger partial charge in [-0.05, 0) is 6.92 Å². The lowest BCUT2D eigenvalue weighted by Crippen LogP contribution is -2.50. The van der Waals surface area contributed by atoms with Crippen LogP contribution in [0.4, 0.5) is 4.79 Å². The number of hydrogen-bond donors (Lipinski definition) is 1. The number of rotatable bonds is 4. The number of carboxylic acids is 1. The van der Waals surface area contributed by atoms with Gasteiger partial charge in [-0.1, -0.05) is 13.8 Å². The molecule has 0 aromatic rings. The Morgan fingerprint density at radius 3 is 2.33 bits per heavy atom. The van der Waals surface area contributed by atoms with Crippen molar-refractivity contribution < 1.29 is 14.7 Å². The molecular weight excluding hydrogens is 252 g/mol. The molecule has 5 nitrogen and oxygen atoms in total. The summed E-state index contributed by atoms with van der Waals surface area (Å²) in [4.78, 5) is 26.3. The normalized spacial score (nSPS) is 23.8. The van der Waals surface area contributed by atoms with Crippen LogP contribution in [0.3, 0.4) is 0 Å². The fourth-order valence-electron chi connectivity index (χ4n) is 2.15. The summed E-state index contributed by atoms with van der Waals surface area (Å²) in [5.74, 6) is -0.864. The van der Waals surface area contributed by atoms with Gasteiger partial charge in [-0.3, -0.25) is 4.79 Å². The maximum Gasteiger partial charge on any atom is 0.320 e. The van der Waals surface area contributed by atoms with Crippen LogP contribution < -0.4 is 0 Å². The lowest BCUT2D eigenvalue weighted by atomic mass is 10.3. The third-order valence-corrected chi connectivity index (χ3v) is 4.17. The van der Waals surface area contributed by atoms with Crippen LogP contribution in [-0.4, -0.2) is 63.6 Å². The van der Waals surface area contributed by atoms with Crippen LogP contribution in [-0.2, 0) is 4.79 Å². The van der Waals surface area contributed by atoms with E-state index in [0.717, 1.165) is 13.1 Å². The van der Waals surface area contributed by atoms with Gasteiger partial charge in [-0.15, -0.1) is 0 Å². The van der Waals surface area contributed by atoms with Gasteiger partial charge >= 0.3 is 12.0 Å². The van der Waals surface area contributed by atoms with E-state index in [9.17, 15) is 9.59 Å². The summed E-state index contributed by atoms with van der Waals surface area (Å²) in [6.07, 6.45) is 0.00722. The van der Waals surface area contributed by atoms with E-state index in [1.54, 1.807) is 4.90 Å². The Morgan fingerprint density at radius 1 is 1.33 bits per heavy atom. The van der Waals surface area contributed by atoms with E-state index in [1.807, 2.05) is 23.6 Å². The first-order valence-corrected chi connectivity index (χ1v) is 7.29. The highest BCUT2D eigenvalue weighted by Gasteiger charge is 2.28. The molecule has 0 aromatic carbocycles. The number of carbonyl (C=O) groups is 2. The van der Waals surface area contributed by atoms with Gasteiger partial charge in [0.15, 0.2) is 0 Å². The molecule has 0 bridgehead atoms. The molecule has 2 unspecified atom stereocenters. The third kappa shape index (κ3) is 4.40. The van der Waals surface area contributed by atoms with Gasteiger partial charge in [0, 0.05) is 36.7 Å². The smallest absolute Gasteiger partial charge is 0.320 e. The Morgan fingerprint density at radius 2 is 1.89 bits per heavy atom. The largest absolute Gasteiger partial charge is 0.481 e. The molecule has 0 aliphatic carbocycles. The molecule has 2 atom stereocenters. The summed E-state index contributed by atoms with van der Waals surface area (Å²) in [5, 5.41) is 9.56. The number of hydrogen-bond acceptors (Lipinski definition) is 3. The highest BCUT2D eigenvalue weighted by molar-refractivity contribution is 8.00. The minimum atomic E-state index is -0.864. The Hall–Kier alpha value is -0.910. The summed E-state index contributed by atoms with van der Waals surface area (Å²) < 4.78 is 0. The van der Waals surface area contributed by atoms with Crippen LogP contribution in [0, 0.1) is 0 Å². The number of thioether (sulfide) groups is 1.